The average molecular weight is 339 g/mol. The Bertz CT molecular complexity index is 921. The van der Waals surface area contributed by atoms with E-state index in [1.165, 1.54) is 6.07 Å². The molecule has 25 heavy (non-hydrogen) atoms. The summed E-state index contributed by atoms with van der Waals surface area (Å²) in [5.41, 5.74) is 0.385. The lowest BCUT2D eigenvalue weighted by Gasteiger charge is -2.03. The highest BCUT2D eigenvalue weighted by Crippen LogP contribution is 2.26. The number of aromatic nitrogens is 1. The summed E-state index contributed by atoms with van der Waals surface area (Å²) in [7, 11) is 0. The molecule has 0 saturated carbocycles. The first-order chi connectivity index (χ1) is 12.0. The van der Waals surface area contributed by atoms with Gasteiger partial charge in [0.25, 0.3) is 5.91 Å². The van der Waals surface area contributed by atoms with Crippen LogP contribution in [0.3, 0.4) is 0 Å². The van der Waals surface area contributed by atoms with Gasteiger partial charge in [-0.3, -0.25) is 14.9 Å². The van der Waals surface area contributed by atoms with Crippen LogP contribution in [0.4, 0.5) is 5.69 Å². The van der Waals surface area contributed by atoms with Crippen LogP contribution in [0.5, 0.6) is 5.75 Å². The molecule has 0 aliphatic carbocycles. The maximum Gasteiger partial charge on any atom is 0.311 e. The zero-order chi connectivity index (χ0) is 17.8. The van der Waals surface area contributed by atoms with E-state index in [0.717, 1.165) is 17.7 Å². The van der Waals surface area contributed by atoms with Crippen molar-refractivity contribution < 1.29 is 19.2 Å². The molecular weight excluding hydrogens is 326 g/mol. The first-order valence-corrected chi connectivity index (χ1v) is 7.30. The number of nitrogens with zero attached hydrogens (tertiary/aromatic N) is 2. The van der Waals surface area contributed by atoms with Gasteiger partial charge in [-0.2, -0.15) is 0 Å². The summed E-state index contributed by atoms with van der Waals surface area (Å²) in [4.78, 5) is 26.2. The number of carbonyl (C=O) groups is 1. The fourth-order valence-electron chi connectivity index (χ4n) is 2.20. The van der Waals surface area contributed by atoms with Gasteiger partial charge in [-0.1, -0.05) is 30.3 Å². The minimum absolute atomic E-state index is 0.0281. The predicted molar refractivity (Wildman–Crippen MR) is 87.9 cm³/mol. The van der Waals surface area contributed by atoms with E-state index in [4.69, 9.17) is 4.42 Å². The molecule has 0 radical (unpaired) electrons. The van der Waals surface area contributed by atoms with Crippen molar-refractivity contribution in [3.63, 3.8) is 0 Å². The van der Waals surface area contributed by atoms with Crippen molar-refractivity contribution in [2.24, 2.45) is 0 Å². The molecule has 8 nitrogen and oxygen atoms in total. The first kappa shape index (κ1) is 16.2. The SMILES string of the molecule is O=C(NCc1ncc(-c2ccccc2)o1)c1ccc(O)c([N+](=O)[O-])c1. The number of nitro groups is 1. The van der Waals surface area contributed by atoms with E-state index in [1.807, 2.05) is 30.3 Å². The van der Waals surface area contributed by atoms with E-state index < -0.39 is 22.3 Å². The summed E-state index contributed by atoms with van der Waals surface area (Å²) >= 11 is 0. The Morgan fingerprint density at radius 3 is 2.72 bits per heavy atom. The Balaban J connectivity index is 1.68. The second kappa shape index (κ2) is 6.83. The highest BCUT2D eigenvalue weighted by atomic mass is 16.6. The number of benzene rings is 2. The number of nitrogens with one attached hydrogen (secondary N) is 1. The first-order valence-electron chi connectivity index (χ1n) is 7.30. The van der Waals surface area contributed by atoms with Gasteiger partial charge in [0, 0.05) is 17.2 Å². The van der Waals surface area contributed by atoms with E-state index in [2.05, 4.69) is 10.3 Å². The summed E-state index contributed by atoms with van der Waals surface area (Å²) in [6.07, 6.45) is 1.56. The molecular formula is C17H13N3O5. The maximum absolute atomic E-state index is 12.1. The number of aromatic hydroxyl groups is 1. The molecule has 0 saturated heterocycles. The van der Waals surface area contributed by atoms with Gasteiger partial charge in [-0.15, -0.1) is 0 Å². The number of phenolic OH excluding ortho intramolecular Hbond substituents is 1. The monoisotopic (exact) mass is 339 g/mol. The third-order valence-corrected chi connectivity index (χ3v) is 3.45. The largest absolute Gasteiger partial charge is 0.502 e. The summed E-state index contributed by atoms with van der Waals surface area (Å²) < 4.78 is 5.56. The van der Waals surface area contributed by atoms with E-state index in [-0.39, 0.29) is 12.1 Å². The number of phenols is 1. The third kappa shape index (κ3) is 3.63. The fourth-order valence-corrected chi connectivity index (χ4v) is 2.20. The minimum Gasteiger partial charge on any atom is -0.502 e. The molecule has 1 heterocycles. The molecule has 2 N–H and O–H groups in total. The topological polar surface area (TPSA) is 118 Å². The summed E-state index contributed by atoms with van der Waals surface area (Å²) in [6.45, 7) is 0.0281. The number of nitro benzene ring substituents is 1. The number of carbonyl (C=O) groups excluding carboxylic acids is 1. The molecule has 1 aromatic heterocycles. The van der Waals surface area contributed by atoms with Gasteiger partial charge in [0.15, 0.2) is 11.5 Å². The molecule has 3 rings (SSSR count). The Kier molecular flexibility index (Phi) is 4.42. The maximum atomic E-state index is 12.1. The molecule has 0 unspecified atom stereocenters. The highest BCUT2D eigenvalue weighted by Gasteiger charge is 2.17. The second-order valence-electron chi connectivity index (χ2n) is 5.13. The number of amides is 1. The van der Waals surface area contributed by atoms with Crippen LogP contribution >= 0.6 is 0 Å². The third-order valence-electron chi connectivity index (χ3n) is 3.45. The fraction of sp³-hybridized carbons (Fsp3) is 0.0588. The van der Waals surface area contributed by atoms with Gasteiger partial charge < -0.3 is 14.8 Å². The van der Waals surface area contributed by atoms with Crippen LogP contribution in [0.15, 0.2) is 59.1 Å². The Morgan fingerprint density at radius 2 is 2.00 bits per heavy atom. The van der Waals surface area contributed by atoms with E-state index >= 15 is 0 Å². The summed E-state index contributed by atoms with van der Waals surface area (Å²) in [6, 6.07) is 12.8. The molecule has 0 aliphatic rings. The number of hydrogen-bond donors (Lipinski definition) is 2. The molecule has 8 heteroatoms. The lowest BCUT2D eigenvalue weighted by molar-refractivity contribution is -0.385. The van der Waals surface area contributed by atoms with Gasteiger partial charge in [-0.25, -0.2) is 4.98 Å². The molecule has 1 amide bonds. The van der Waals surface area contributed by atoms with Crippen LogP contribution in [0.1, 0.15) is 16.2 Å². The van der Waals surface area contributed by atoms with Crippen LogP contribution in [-0.2, 0) is 6.54 Å². The van der Waals surface area contributed by atoms with Crippen molar-refractivity contribution in [1.82, 2.24) is 10.3 Å². The standard InChI is InChI=1S/C17H13N3O5/c21-14-7-6-12(8-13(14)20(23)24)17(22)19-10-16-18-9-15(25-16)11-4-2-1-3-5-11/h1-9,21H,10H2,(H,19,22). The Morgan fingerprint density at radius 1 is 1.24 bits per heavy atom. The minimum atomic E-state index is -0.758. The smallest absolute Gasteiger partial charge is 0.311 e. The van der Waals surface area contributed by atoms with Crippen LogP contribution in [0.25, 0.3) is 11.3 Å². The molecule has 0 fully saturated rings. The quantitative estimate of drug-likeness (QED) is 0.545. The van der Waals surface area contributed by atoms with Crippen molar-refractivity contribution in [3.05, 3.63) is 76.3 Å². The van der Waals surface area contributed by atoms with Crippen LogP contribution in [-0.4, -0.2) is 20.9 Å². The highest BCUT2D eigenvalue weighted by molar-refractivity contribution is 5.95. The lowest BCUT2D eigenvalue weighted by atomic mass is 10.2. The molecule has 3 aromatic rings. The number of rotatable bonds is 5. The van der Waals surface area contributed by atoms with Gasteiger partial charge in [0.1, 0.15) is 0 Å². The zero-order valence-corrected chi connectivity index (χ0v) is 12.9. The van der Waals surface area contributed by atoms with Crippen molar-refractivity contribution in [2.45, 2.75) is 6.54 Å². The van der Waals surface area contributed by atoms with E-state index in [9.17, 15) is 20.0 Å². The van der Waals surface area contributed by atoms with Crippen molar-refractivity contribution >= 4 is 11.6 Å². The number of hydrogen-bond acceptors (Lipinski definition) is 6. The van der Waals surface area contributed by atoms with Crippen molar-refractivity contribution in [3.8, 4) is 17.1 Å². The molecule has 0 aliphatic heterocycles. The Labute approximate surface area is 141 Å². The normalized spacial score (nSPS) is 10.4. The van der Waals surface area contributed by atoms with Crippen molar-refractivity contribution in [1.29, 1.82) is 0 Å². The molecule has 0 bridgehead atoms. The average Bonchev–Trinajstić information content (AvgIpc) is 3.09. The Hall–Kier alpha value is -3.68. The summed E-state index contributed by atoms with van der Waals surface area (Å²) in [5.74, 6) is -0.157. The number of oxazole rings is 1. The van der Waals surface area contributed by atoms with Gasteiger partial charge in [-0.05, 0) is 12.1 Å². The summed E-state index contributed by atoms with van der Waals surface area (Å²) in [5, 5.41) is 22.8. The molecule has 0 atom stereocenters. The van der Waals surface area contributed by atoms with Gasteiger partial charge in [0.05, 0.1) is 17.7 Å². The molecule has 126 valence electrons. The van der Waals surface area contributed by atoms with Gasteiger partial charge >= 0.3 is 5.69 Å². The van der Waals surface area contributed by atoms with E-state index in [1.54, 1.807) is 6.20 Å². The van der Waals surface area contributed by atoms with Crippen LogP contribution < -0.4 is 5.32 Å². The van der Waals surface area contributed by atoms with Crippen LogP contribution in [0, 0.1) is 10.1 Å². The zero-order valence-electron chi connectivity index (χ0n) is 12.9. The van der Waals surface area contributed by atoms with E-state index in [0.29, 0.717) is 11.7 Å². The van der Waals surface area contributed by atoms with Gasteiger partial charge in [0.2, 0.25) is 5.89 Å². The molecule has 0 spiro atoms. The van der Waals surface area contributed by atoms with Crippen LogP contribution in [0.2, 0.25) is 0 Å². The predicted octanol–water partition coefficient (Wildman–Crippen LogP) is 2.89. The van der Waals surface area contributed by atoms with Crippen molar-refractivity contribution in [2.75, 3.05) is 0 Å². The second-order valence-corrected chi connectivity index (χ2v) is 5.13. The molecule has 2 aromatic carbocycles. The lowest BCUT2D eigenvalue weighted by Crippen LogP contribution is -2.22.